The second-order valence-electron chi connectivity index (χ2n) is 4.71. The predicted molar refractivity (Wildman–Crippen MR) is 73.7 cm³/mol. The SMILES string of the molecule is Cc1nccc(CNCc2cc3c(s2)CCC3)n1. The highest BCUT2D eigenvalue weighted by Gasteiger charge is 2.14. The Morgan fingerprint density at radius 3 is 3.11 bits per heavy atom. The molecule has 1 aliphatic carbocycles. The standard InChI is InChI=1S/C14H17N3S/c1-10-16-6-5-12(17-10)8-15-9-13-7-11-3-2-4-14(11)18-13/h5-7,15H,2-4,8-9H2,1H3. The van der Waals surface area contributed by atoms with E-state index < -0.39 is 0 Å². The van der Waals surface area contributed by atoms with Gasteiger partial charge in [-0.1, -0.05) is 0 Å². The molecule has 2 heterocycles. The van der Waals surface area contributed by atoms with Crippen molar-refractivity contribution in [3.8, 4) is 0 Å². The van der Waals surface area contributed by atoms with Crippen LogP contribution in [0.5, 0.6) is 0 Å². The lowest BCUT2D eigenvalue weighted by Crippen LogP contribution is -2.13. The molecular formula is C14H17N3S. The average molecular weight is 259 g/mol. The monoisotopic (exact) mass is 259 g/mol. The highest BCUT2D eigenvalue weighted by molar-refractivity contribution is 7.12. The number of thiophene rings is 1. The lowest BCUT2D eigenvalue weighted by molar-refractivity contribution is 0.681. The maximum absolute atomic E-state index is 4.38. The van der Waals surface area contributed by atoms with E-state index in [4.69, 9.17) is 0 Å². The van der Waals surface area contributed by atoms with Gasteiger partial charge in [0.15, 0.2) is 0 Å². The Kier molecular flexibility index (Phi) is 3.39. The van der Waals surface area contributed by atoms with Crippen molar-refractivity contribution in [3.05, 3.63) is 45.2 Å². The Balaban J connectivity index is 1.55. The minimum Gasteiger partial charge on any atom is -0.306 e. The summed E-state index contributed by atoms with van der Waals surface area (Å²) < 4.78 is 0. The molecule has 0 atom stereocenters. The Morgan fingerprint density at radius 2 is 2.28 bits per heavy atom. The largest absolute Gasteiger partial charge is 0.306 e. The lowest BCUT2D eigenvalue weighted by atomic mass is 10.2. The van der Waals surface area contributed by atoms with Crippen LogP contribution in [0.4, 0.5) is 0 Å². The Bertz CT molecular complexity index is 526. The first-order chi connectivity index (χ1) is 8.81. The van der Waals surface area contributed by atoms with Gasteiger partial charge in [0.25, 0.3) is 0 Å². The third-order valence-corrected chi connectivity index (χ3v) is 4.47. The number of rotatable bonds is 4. The summed E-state index contributed by atoms with van der Waals surface area (Å²) in [6.07, 6.45) is 5.72. The van der Waals surface area contributed by atoms with E-state index in [-0.39, 0.29) is 0 Å². The summed E-state index contributed by atoms with van der Waals surface area (Å²) in [5, 5.41) is 3.45. The Labute approximate surface area is 111 Å². The zero-order valence-electron chi connectivity index (χ0n) is 10.6. The molecule has 0 unspecified atom stereocenters. The molecule has 0 amide bonds. The average Bonchev–Trinajstić information content (AvgIpc) is 2.89. The van der Waals surface area contributed by atoms with Gasteiger partial charge in [-0.2, -0.15) is 0 Å². The van der Waals surface area contributed by atoms with Gasteiger partial charge in [-0.15, -0.1) is 11.3 Å². The number of fused-ring (bicyclic) bond motifs is 1. The van der Waals surface area contributed by atoms with Gasteiger partial charge < -0.3 is 5.32 Å². The minimum atomic E-state index is 0.811. The zero-order chi connectivity index (χ0) is 12.4. The first-order valence-electron chi connectivity index (χ1n) is 6.41. The van der Waals surface area contributed by atoms with E-state index in [2.05, 4.69) is 21.4 Å². The number of hydrogen-bond acceptors (Lipinski definition) is 4. The molecule has 2 aromatic heterocycles. The van der Waals surface area contributed by atoms with Crippen LogP contribution in [-0.2, 0) is 25.9 Å². The number of hydrogen-bond donors (Lipinski definition) is 1. The van der Waals surface area contributed by atoms with E-state index in [0.29, 0.717) is 0 Å². The van der Waals surface area contributed by atoms with Gasteiger partial charge in [-0.25, -0.2) is 9.97 Å². The van der Waals surface area contributed by atoms with Gasteiger partial charge >= 0.3 is 0 Å². The van der Waals surface area contributed by atoms with Crippen molar-refractivity contribution >= 4 is 11.3 Å². The van der Waals surface area contributed by atoms with Crippen molar-refractivity contribution in [3.63, 3.8) is 0 Å². The topological polar surface area (TPSA) is 37.8 Å². The van der Waals surface area contributed by atoms with Crippen LogP contribution in [-0.4, -0.2) is 9.97 Å². The highest BCUT2D eigenvalue weighted by Crippen LogP contribution is 2.30. The van der Waals surface area contributed by atoms with Crippen molar-refractivity contribution in [2.45, 2.75) is 39.3 Å². The van der Waals surface area contributed by atoms with E-state index in [1.807, 2.05) is 30.5 Å². The molecule has 94 valence electrons. The molecule has 0 radical (unpaired) electrons. The van der Waals surface area contributed by atoms with Crippen LogP contribution in [0.15, 0.2) is 18.3 Å². The molecule has 0 aromatic carbocycles. The summed E-state index contributed by atoms with van der Waals surface area (Å²) in [5.41, 5.74) is 2.64. The Hall–Kier alpha value is -1.26. The van der Waals surface area contributed by atoms with Crippen LogP contribution in [0.3, 0.4) is 0 Å². The van der Waals surface area contributed by atoms with Crippen LogP contribution < -0.4 is 5.32 Å². The van der Waals surface area contributed by atoms with Gasteiger partial charge in [0.05, 0.1) is 5.69 Å². The molecule has 2 aromatic rings. The summed E-state index contributed by atoms with van der Waals surface area (Å²) >= 11 is 1.97. The van der Waals surface area contributed by atoms with E-state index in [0.717, 1.165) is 24.6 Å². The van der Waals surface area contributed by atoms with Gasteiger partial charge in [-0.3, -0.25) is 0 Å². The second-order valence-corrected chi connectivity index (χ2v) is 5.93. The summed E-state index contributed by atoms with van der Waals surface area (Å²) in [4.78, 5) is 11.5. The number of aromatic nitrogens is 2. The van der Waals surface area contributed by atoms with Crippen molar-refractivity contribution in [1.82, 2.24) is 15.3 Å². The smallest absolute Gasteiger partial charge is 0.125 e. The molecule has 3 nitrogen and oxygen atoms in total. The summed E-state index contributed by atoms with van der Waals surface area (Å²) in [7, 11) is 0. The van der Waals surface area contributed by atoms with E-state index in [1.165, 1.54) is 24.1 Å². The van der Waals surface area contributed by atoms with Gasteiger partial charge in [0.1, 0.15) is 5.82 Å². The fourth-order valence-electron chi connectivity index (χ4n) is 2.40. The normalized spacial score (nSPS) is 13.8. The molecule has 4 heteroatoms. The molecule has 3 rings (SSSR count). The summed E-state index contributed by atoms with van der Waals surface area (Å²) in [6, 6.07) is 4.33. The second kappa shape index (κ2) is 5.16. The lowest BCUT2D eigenvalue weighted by Gasteiger charge is -2.03. The van der Waals surface area contributed by atoms with Crippen LogP contribution >= 0.6 is 11.3 Å². The molecule has 18 heavy (non-hydrogen) atoms. The molecule has 1 aliphatic rings. The summed E-state index contributed by atoms with van der Waals surface area (Å²) in [6.45, 7) is 3.68. The molecule has 0 fully saturated rings. The van der Waals surface area contributed by atoms with Gasteiger partial charge in [-0.05, 0) is 43.9 Å². The predicted octanol–water partition coefficient (Wildman–Crippen LogP) is 2.63. The first kappa shape index (κ1) is 11.8. The number of aryl methyl sites for hydroxylation is 3. The fourth-order valence-corrected chi connectivity index (χ4v) is 3.63. The molecule has 0 saturated carbocycles. The van der Waals surface area contributed by atoms with Crippen LogP contribution in [0.2, 0.25) is 0 Å². The maximum atomic E-state index is 4.38. The third kappa shape index (κ3) is 2.60. The maximum Gasteiger partial charge on any atom is 0.125 e. The minimum absolute atomic E-state index is 0.811. The zero-order valence-corrected chi connectivity index (χ0v) is 11.4. The molecule has 0 spiro atoms. The molecule has 1 N–H and O–H groups in total. The van der Waals surface area contributed by atoms with Crippen LogP contribution in [0.1, 0.15) is 33.3 Å². The molecule has 0 bridgehead atoms. The van der Waals surface area contributed by atoms with Crippen LogP contribution in [0, 0.1) is 6.92 Å². The molecule has 0 aliphatic heterocycles. The van der Waals surface area contributed by atoms with Crippen molar-refractivity contribution in [1.29, 1.82) is 0 Å². The van der Waals surface area contributed by atoms with Crippen molar-refractivity contribution in [2.75, 3.05) is 0 Å². The van der Waals surface area contributed by atoms with Crippen LogP contribution in [0.25, 0.3) is 0 Å². The first-order valence-corrected chi connectivity index (χ1v) is 7.22. The Morgan fingerprint density at radius 1 is 1.33 bits per heavy atom. The van der Waals surface area contributed by atoms with E-state index in [9.17, 15) is 0 Å². The van der Waals surface area contributed by atoms with E-state index >= 15 is 0 Å². The quantitative estimate of drug-likeness (QED) is 0.917. The van der Waals surface area contributed by atoms with E-state index in [1.54, 1.807) is 10.4 Å². The van der Waals surface area contributed by atoms with Crippen molar-refractivity contribution in [2.24, 2.45) is 0 Å². The number of nitrogens with zero attached hydrogens (tertiary/aromatic N) is 2. The van der Waals surface area contributed by atoms with Gasteiger partial charge in [0.2, 0.25) is 0 Å². The third-order valence-electron chi connectivity index (χ3n) is 3.24. The number of nitrogens with one attached hydrogen (secondary N) is 1. The highest BCUT2D eigenvalue weighted by atomic mass is 32.1. The molecule has 0 saturated heterocycles. The van der Waals surface area contributed by atoms with Gasteiger partial charge in [0, 0.05) is 29.0 Å². The molecular weight excluding hydrogens is 242 g/mol. The van der Waals surface area contributed by atoms with Crippen molar-refractivity contribution < 1.29 is 0 Å². The fraction of sp³-hybridized carbons (Fsp3) is 0.429. The summed E-state index contributed by atoms with van der Waals surface area (Å²) in [5.74, 6) is 0.837.